The molecule has 2 aromatic rings. The van der Waals surface area contributed by atoms with Crippen LogP contribution in [0.4, 0.5) is 5.69 Å². The van der Waals surface area contributed by atoms with Crippen LogP contribution in [0.2, 0.25) is 5.02 Å². The third kappa shape index (κ3) is 3.24. The molecular weight excluding hydrogens is 340 g/mol. The van der Waals surface area contributed by atoms with Gasteiger partial charge in [0.1, 0.15) is 6.61 Å². The minimum atomic E-state index is -0.582. The fourth-order valence-electron chi connectivity index (χ4n) is 3.22. The van der Waals surface area contributed by atoms with Gasteiger partial charge in [-0.2, -0.15) is 0 Å². The SMILES string of the molecule is O=C([C@@H]1COc2ccccc2O1)N1CCN(c2ccccc2Cl)CC1. The van der Waals surface area contributed by atoms with Crippen LogP contribution < -0.4 is 14.4 Å². The number of nitrogens with zero attached hydrogens (tertiary/aromatic N) is 2. The molecule has 1 amide bonds. The van der Waals surface area contributed by atoms with Crippen molar-refractivity contribution in [2.75, 3.05) is 37.7 Å². The maximum atomic E-state index is 12.7. The number of fused-ring (bicyclic) bond motifs is 1. The lowest BCUT2D eigenvalue weighted by Crippen LogP contribution is -2.54. The van der Waals surface area contributed by atoms with E-state index in [2.05, 4.69) is 4.90 Å². The molecule has 0 aliphatic carbocycles. The molecule has 1 atom stereocenters. The molecule has 0 saturated carbocycles. The Hall–Kier alpha value is -2.40. The summed E-state index contributed by atoms with van der Waals surface area (Å²) in [5.41, 5.74) is 1.02. The molecule has 1 saturated heterocycles. The number of amides is 1. The van der Waals surface area contributed by atoms with Gasteiger partial charge >= 0.3 is 0 Å². The van der Waals surface area contributed by atoms with Gasteiger partial charge in [0.15, 0.2) is 11.5 Å². The van der Waals surface area contributed by atoms with Crippen molar-refractivity contribution in [3.8, 4) is 11.5 Å². The fraction of sp³-hybridized carbons (Fsp3) is 0.316. The van der Waals surface area contributed by atoms with Gasteiger partial charge in [0.2, 0.25) is 6.10 Å². The largest absolute Gasteiger partial charge is 0.485 e. The summed E-state index contributed by atoms with van der Waals surface area (Å²) < 4.78 is 11.5. The van der Waals surface area contributed by atoms with Crippen LogP contribution in [-0.4, -0.2) is 49.7 Å². The molecule has 0 unspecified atom stereocenters. The van der Waals surface area contributed by atoms with E-state index in [9.17, 15) is 4.79 Å². The molecule has 0 aromatic heterocycles. The number of para-hydroxylation sites is 3. The second-order valence-electron chi connectivity index (χ2n) is 6.13. The number of anilines is 1. The van der Waals surface area contributed by atoms with E-state index in [4.69, 9.17) is 21.1 Å². The number of carbonyl (C=O) groups excluding carboxylic acids is 1. The molecule has 130 valence electrons. The highest BCUT2D eigenvalue weighted by atomic mass is 35.5. The molecule has 5 nitrogen and oxygen atoms in total. The van der Waals surface area contributed by atoms with E-state index < -0.39 is 6.10 Å². The van der Waals surface area contributed by atoms with Gasteiger partial charge in [-0.1, -0.05) is 35.9 Å². The quantitative estimate of drug-likeness (QED) is 0.828. The average molecular weight is 359 g/mol. The summed E-state index contributed by atoms with van der Waals surface area (Å²) >= 11 is 6.27. The Morgan fingerprint density at radius 1 is 0.960 bits per heavy atom. The highest BCUT2D eigenvalue weighted by Gasteiger charge is 2.32. The van der Waals surface area contributed by atoms with Crippen LogP contribution >= 0.6 is 11.6 Å². The number of benzene rings is 2. The highest BCUT2D eigenvalue weighted by molar-refractivity contribution is 6.33. The van der Waals surface area contributed by atoms with Gasteiger partial charge in [-0.15, -0.1) is 0 Å². The Bertz CT molecular complexity index is 775. The number of halogens is 1. The summed E-state index contributed by atoms with van der Waals surface area (Å²) in [6.45, 7) is 3.04. The van der Waals surface area contributed by atoms with E-state index in [0.29, 0.717) is 24.6 Å². The summed E-state index contributed by atoms with van der Waals surface area (Å²) in [7, 11) is 0. The first-order valence-corrected chi connectivity index (χ1v) is 8.77. The van der Waals surface area contributed by atoms with Crippen LogP contribution in [0.5, 0.6) is 11.5 Å². The van der Waals surface area contributed by atoms with Crippen LogP contribution in [-0.2, 0) is 4.79 Å². The average Bonchev–Trinajstić information content (AvgIpc) is 2.67. The number of rotatable bonds is 2. The molecule has 0 spiro atoms. The lowest BCUT2D eigenvalue weighted by molar-refractivity contribution is -0.141. The number of carbonyl (C=O) groups is 1. The summed E-state index contributed by atoms with van der Waals surface area (Å²) in [5.74, 6) is 1.30. The van der Waals surface area contributed by atoms with Gasteiger partial charge in [0, 0.05) is 26.2 Å². The molecule has 0 N–H and O–H groups in total. The van der Waals surface area contributed by atoms with E-state index in [-0.39, 0.29) is 12.5 Å². The predicted molar refractivity (Wildman–Crippen MR) is 96.6 cm³/mol. The summed E-state index contributed by atoms with van der Waals surface area (Å²) in [5, 5.41) is 0.739. The standard InChI is InChI=1S/C19H19ClN2O3/c20-14-5-1-2-6-15(14)21-9-11-22(12-10-21)19(23)18-13-24-16-7-3-4-8-17(16)25-18/h1-8,18H,9-13H2/t18-/m0/s1. The van der Waals surface area contributed by atoms with Crippen LogP contribution in [0.15, 0.2) is 48.5 Å². The third-order valence-electron chi connectivity index (χ3n) is 4.57. The van der Waals surface area contributed by atoms with Gasteiger partial charge in [-0.25, -0.2) is 0 Å². The van der Waals surface area contributed by atoms with Crippen molar-refractivity contribution in [3.05, 3.63) is 53.6 Å². The van der Waals surface area contributed by atoms with Crippen molar-refractivity contribution in [2.24, 2.45) is 0 Å². The van der Waals surface area contributed by atoms with E-state index in [1.165, 1.54) is 0 Å². The van der Waals surface area contributed by atoms with Gasteiger partial charge in [0.25, 0.3) is 5.91 Å². The van der Waals surface area contributed by atoms with Gasteiger partial charge < -0.3 is 19.3 Å². The lowest BCUT2D eigenvalue weighted by atomic mass is 10.2. The van der Waals surface area contributed by atoms with Crippen LogP contribution in [0.25, 0.3) is 0 Å². The van der Waals surface area contributed by atoms with E-state index in [1.807, 2.05) is 53.4 Å². The summed E-state index contributed by atoms with van der Waals surface area (Å²) in [6, 6.07) is 15.2. The summed E-state index contributed by atoms with van der Waals surface area (Å²) in [4.78, 5) is 16.8. The van der Waals surface area contributed by atoms with E-state index >= 15 is 0 Å². The minimum absolute atomic E-state index is 0.0201. The number of hydrogen-bond acceptors (Lipinski definition) is 4. The van der Waals surface area contributed by atoms with E-state index in [0.717, 1.165) is 23.8 Å². The second-order valence-corrected chi connectivity index (χ2v) is 6.54. The fourth-order valence-corrected chi connectivity index (χ4v) is 3.48. The van der Waals surface area contributed by atoms with Crippen molar-refractivity contribution < 1.29 is 14.3 Å². The molecule has 2 heterocycles. The smallest absolute Gasteiger partial charge is 0.267 e. The van der Waals surface area contributed by atoms with Gasteiger partial charge in [0.05, 0.1) is 10.7 Å². The van der Waals surface area contributed by atoms with Gasteiger partial charge in [-0.3, -0.25) is 4.79 Å². The summed E-state index contributed by atoms with van der Waals surface area (Å²) in [6.07, 6.45) is -0.582. The normalized spacial score (nSPS) is 19.6. The lowest BCUT2D eigenvalue weighted by Gasteiger charge is -2.38. The molecule has 2 aliphatic heterocycles. The van der Waals surface area contributed by atoms with Crippen molar-refractivity contribution in [1.29, 1.82) is 0 Å². The van der Waals surface area contributed by atoms with Crippen LogP contribution in [0.1, 0.15) is 0 Å². The highest BCUT2D eigenvalue weighted by Crippen LogP contribution is 2.31. The molecule has 4 rings (SSSR count). The number of hydrogen-bond donors (Lipinski definition) is 0. The van der Waals surface area contributed by atoms with Gasteiger partial charge in [-0.05, 0) is 24.3 Å². The Morgan fingerprint density at radius 3 is 2.40 bits per heavy atom. The zero-order valence-corrected chi connectivity index (χ0v) is 14.5. The number of piperazine rings is 1. The molecule has 2 aliphatic rings. The molecule has 2 aromatic carbocycles. The maximum absolute atomic E-state index is 12.7. The Morgan fingerprint density at radius 2 is 1.64 bits per heavy atom. The van der Waals surface area contributed by atoms with Crippen molar-refractivity contribution in [1.82, 2.24) is 4.90 Å². The zero-order chi connectivity index (χ0) is 17.2. The monoisotopic (exact) mass is 358 g/mol. The Labute approximate surface area is 151 Å². The molecule has 25 heavy (non-hydrogen) atoms. The molecule has 6 heteroatoms. The van der Waals surface area contributed by atoms with E-state index in [1.54, 1.807) is 0 Å². The number of ether oxygens (including phenoxy) is 2. The molecule has 1 fully saturated rings. The first kappa shape index (κ1) is 16.1. The minimum Gasteiger partial charge on any atom is -0.485 e. The topological polar surface area (TPSA) is 42.0 Å². The maximum Gasteiger partial charge on any atom is 0.267 e. The third-order valence-corrected chi connectivity index (χ3v) is 4.89. The van der Waals surface area contributed by atoms with Crippen molar-refractivity contribution in [3.63, 3.8) is 0 Å². The Balaban J connectivity index is 1.38. The first-order chi connectivity index (χ1) is 12.2. The zero-order valence-electron chi connectivity index (χ0n) is 13.7. The second kappa shape index (κ2) is 6.84. The van der Waals surface area contributed by atoms with Crippen molar-refractivity contribution >= 4 is 23.2 Å². The van der Waals surface area contributed by atoms with Crippen LogP contribution in [0.3, 0.4) is 0 Å². The molecule has 0 radical (unpaired) electrons. The molecular formula is C19H19ClN2O3. The van der Waals surface area contributed by atoms with Crippen molar-refractivity contribution in [2.45, 2.75) is 6.10 Å². The molecule has 0 bridgehead atoms. The van der Waals surface area contributed by atoms with Crippen LogP contribution in [0, 0.1) is 0 Å². The first-order valence-electron chi connectivity index (χ1n) is 8.39. The predicted octanol–water partition coefficient (Wildman–Crippen LogP) is 2.83. The Kier molecular flexibility index (Phi) is 4.40.